The van der Waals surface area contributed by atoms with Gasteiger partial charge in [-0.1, -0.05) is 11.6 Å². The van der Waals surface area contributed by atoms with Crippen LogP contribution in [0.15, 0.2) is 36.7 Å². The van der Waals surface area contributed by atoms with Crippen molar-refractivity contribution in [3.63, 3.8) is 0 Å². The first-order valence-electron chi connectivity index (χ1n) is 11.0. The SMILES string of the molecule is C[C@H]1CN(c2cnc3nc(-c4cc(F)c5nn(C)cc5c4)cc(Cl)c3c2)C[C@@H](C2CC2)N1. The van der Waals surface area contributed by atoms with Gasteiger partial charge in [-0.3, -0.25) is 4.68 Å². The number of aryl methyl sites for hydroxylation is 1. The van der Waals surface area contributed by atoms with Gasteiger partial charge < -0.3 is 10.2 Å². The minimum atomic E-state index is -0.377. The van der Waals surface area contributed by atoms with E-state index in [0.29, 0.717) is 39.5 Å². The molecule has 0 unspecified atom stereocenters. The topological polar surface area (TPSA) is 58.9 Å². The Morgan fingerprint density at radius 1 is 1.16 bits per heavy atom. The summed E-state index contributed by atoms with van der Waals surface area (Å²) in [6.45, 7) is 4.15. The fraction of sp³-hybridized carbons (Fsp3) is 0.375. The van der Waals surface area contributed by atoms with E-state index in [2.05, 4.69) is 33.3 Å². The quantitative estimate of drug-likeness (QED) is 0.496. The van der Waals surface area contributed by atoms with E-state index in [1.807, 2.05) is 12.3 Å². The van der Waals surface area contributed by atoms with Gasteiger partial charge >= 0.3 is 0 Å². The third-order valence-electron chi connectivity index (χ3n) is 6.54. The molecule has 32 heavy (non-hydrogen) atoms. The van der Waals surface area contributed by atoms with Crippen molar-refractivity contribution in [2.45, 2.75) is 31.8 Å². The number of nitrogens with zero attached hydrogens (tertiary/aromatic N) is 5. The number of pyridine rings is 2. The summed E-state index contributed by atoms with van der Waals surface area (Å²) in [5, 5.41) is 10.00. The van der Waals surface area contributed by atoms with Crippen molar-refractivity contribution in [3.8, 4) is 11.3 Å². The maximum absolute atomic E-state index is 14.6. The van der Waals surface area contributed by atoms with E-state index in [4.69, 9.17) is 16.6 Å². The summed E-state index contributed by atoms with van der Waals surface area (Å²) in [7, 11) is 1.78. The largest absolute Gasteiger partial charge is 0.367 e. The molecule has 6 nitrogen and oxygen atoms in total. The first-order chi connectivity index (χ1) is 15.4. The average Bonchev–Trinajstić information content (AvgIpc) is 3.54. The zero-order chi connectivity index (χ0) is 22.0. The molecule has 1 saturated carbocycles. The molecule has 2 fully saturated rings. The number of piperazine rings is 1. The van der Waals surface area contributed by atoms with Crippen LogP contribution in [0.25, 0.3) is 33.2 Å². The van der Waals surface area contributed by atoms with Gasteiger partial charge in [-0.15, -0.1) is 0 Å². The Bertz CT molecular complexity index is 1350. The highest BCUT2D eigenvalue weighted by Crippen LogP contribution is 2.36. The molecule has 1 aliphatic carbocycles. The summed E-state index contributed by atoms with van der Waals surface area (Å²) < 4.78 is 16.2. The number of nitrogens with one attached hydrogen (secondary N) is 1. The van der Waals surface area contributed by atoms with Gasteiger partial charge in [-0.2, -0.15) is 5.10 Å². The summed E-state index contributed by atoms with van der Waals surface area (Å²) in [6.07, 6.45) is 6.30. The number of anilines is 1. The van der Waals surface area contributed by atoms with Crippen LogP contribution in [0.4, 0.5) is 10.1 Å². The standard InChI is InChI=1S/C24H24ClFN6/c1-13-10-32(12-22(28-13)14-3-4-14)17-7-18-19(25)8-21(29-24(18)27-9-17)15-5-16-11-31(2)30-23(16)20(26)6-15/h5-9,11,13-14,22,28H,3-4,10,12H2,1-2H3/t13-,22-/m0/s1. The minimum absolute atomic E-state index is 0.348. The van der Waals surface area contributed by atoms with E-state index >= 15 is 0 Å². The van der Waals surface area contributed by atoms with Crippen LogP contribution in [0, 0.1) is 11.7 Å². The fourth-order valence-corrected chi connectivity index (χ4v) is 5.09. The maximum atomic E-state index is 14.6. The molecule has 4 heterocycles. The Morgan fingerprint density at radius 3 is 2.81 bits per heavy atom. The molecule has 8 heteroatoms. The molecule has 2 atom stereocenters. The van der Waals surface area contributed by atoms with E-state index in [1.54, 1.807) is 24.0 Å². The lowest BCUT2D eigenvalue weighted by molar-refractivity contribution is 0.359. The number of halogens is 2. The first kappa shape index (κ1) is 19.9. The molecule has 4 aromatic rings. The van der Waals surface area contributed by atoms with Crippen molar-refractivity contribution in [2.24, 2.45) is 13.0 Å². The number of fused-ring (bicyclic) bond motifs is 2. The van der Waals surface area contributed by atoms with E-state index in [1.165, 1.54) is 18.9 Å². The van der Waals surface area contributed by atoms with E-state index in [9.17, 15) is 4.39 Å². The average molecular weight is 451 g/mol. The fourth-order valence-electron chi connectivity index (χ4n) is 4.84. The van der Waals surface area contributed by atoms with Crippen molar-refractivity contribution in [1.29, 1.82) is 0 Å². The Hall–Kier alpha value is -2.77. The van der Waals surface area contributed by atoms with E-state index in [0.717, 1.165) is 35.5 Å². The van der Waals surface area contributed by atoms with Crippen LogP contribution < -0.4 is 10.2 Å². The molecular formula is C24H24ClFN6. The normalized spacial score (nSPS) is 21.6. The lowest BCUT2D eigenvalue weighted by Gasteiger charge is -2.39. The van der Waals surface area contributed by atoms with Crippen molar-refractivity contribution in [1.82, 2.24) is 25.1 Å². The second-order valence-corrected chi connectivity index (χ2v) is 9.58. The van der Waals surface area contributed by atoms with Gasteiger partial charge in [-0.05, 0) is 49.9 Å². The highest BCUT2D eigenvalue weighted by molar-refractivity contribution is 6.35. The minimum Gasteiger partial charge on any atom is -0.367 e. The Labute approximate surface area is 190 Å². The number of rotatable bonds is 3. The van der Waals surface area contributed by atoms with Crippen LogP contribution in [-0.4, -0.2) is 44.9 Å². The molecule has 6 rings (SSSR count). The summed E-state index contributed by atoms with van der Waals surface area (Å²) in [4.78, 5) is 11.7. The summed E-state index contributed by atoms with van der Waals surface area (Å²) >= 11 is 6.68. The van der Waals surface area contributed by atoms with Crippen molar-refractivity contribution in [3.05, 3.63) is 47.5 Å². The highest BCUT2D eigenvalue weighted by atomic mass is 35.5. The molecule has 0 spiro atoms. The third kappa shape index (κ3) is 3.49. The summed E-state index contributed by atoms with van der Waals surface area (Å²) in [5.41, 5.74) is 3.22. The number of hydrogen-bond acceptors (Lipinski definition) is 5. The van der Waals surface area contributed by atoms with Crippen LogP contribution in [-0.2, 0) is 7.05 Å². The molecular weight excluding hydrogens is 427 g/mol. The number of hydrogen-bond donors (Lipinski definition) is 1. The van der Waals surface area contributed by atoms with Crippen LogP contribution in [0.5, 0.6) is 0 Å². The summed E-state index contributed by atoms with van der Waals surface area (Å²) in [6, 6.07) is 8.16. The Morgan fingerprint density at radius 2 is 2.00 bits per heavy atom. The molecule has 1 N–H and O–H groups in total. The predicted molar refractivity (Wildman–Crippen MR) is 126 cm³/mol. The van der Waals surface area contributed by atoms with Crippen molar-refractivity contribution >= 4 is 39.2 Å². The maximum Gasteiger partial charge on any atom is 0.161 e. The molecule has 1 aromatic carbocycles. The highest BCUT2D eigenvalue weighted by Gasteiger charge is 2.36. The van der Waals surface area contributed by atoms with Crippen LogP contribution in [0.3, 0.4) is 0 Å². The lowest BCUT2D eigenvalue weighted by Crippen LogP contribution is -2.56. The smallest absolute Gasteiger partial charge is 0.161 e. The molecule has 1 saturated heterocycles. The van der Waals surface area contributed by atoms with Gasteiger partial charge in [-0.25, -0.2) is 14.4 Å². The zero-order valence-corrected chi connectivity index (χ0v) is 18.8. The van der Waals surface area contributed by atoms with Crippen LogP contribution in [0.1, 0.15) is 19.8 Å². The second kappa shape index (κ2) is 7.39. The van der Waals surface area contributed by atoms with Crippen molar-refractivity contribution < 1.29 is 4.39 Å². The number of benzene rings is 1. The Balaban J connectivity index is 1.37. The van der Waals surface area contributed by atoms with E-state index < -0.39 is 0 Å². The van der Waals surface area contributed by atoms with Gasteiger partial charge in [0.2, 0.25) is 0 Å². The Kier molecular flexibility index (Phi) is 4.59. The molecule has 1 aliphatic heterocycles. The van der Waals surface area contributed by atoms with Gasteiger partial charge in [0.15, 0.2) is 11.5 Å². The molecule has 0 radical (unpaired) electrons. The monoisotopic (exact) mass is 450 g/mol. The molecule has 2 aliphatic rings. The molecule has 0 amide bonds. The van der Waals surface area contributed by atoms with Crippen LogP contribution >= 0.6 is 11.6 Å². The molecule has 0 bridgehead atoms. The van der Waals surface area contributed by atoms with Gasteiger partial charge in [0.1, 0.15) is 5.52 Å². The zero-order valence-electron chi connectivity index (χ0n) is 18.0. The predicted octanol–water partition coefficient (Wildman–Crippen LogP) is 4.55. The first-order valence-corrected chi connectivity index (χ1v) is 11.4. The molecule has 164 valence electrons. The van der Waals surface area contributed by atoms with E-state index in [-0.39, 0.29) is 5.82 Å². The van der Waals surface area contributed by atoms with Gasteiger partial charge in [0.05, 0.1) is 22.6 Å². The van der Waals surface area contributed by atoms with Crippen LogP contribution in [0.2, 0.25) is 5.02 Å². The second-order valence-electron chi connectivity index (χ2n) is 9.17. The third-order valence-corrected chi connectivity index (χ3v) is 6.85. The lowest BCUT2D eigenvalue weighted by atomic mass is 10.1. The van der Waals surface area contributed by atoms with Gasteiger partial charge in [0, 0.05) is 54.8 Å². The van der Waals surface area contributed by atoms with Crippen molar-refractivity contribution in [2.75, 3.05) is 18.0 Å². The summed E-state index contributed by atoms with van der Waals surface area (Å²) in [5.74, 6) is 0.413. The number of aromatic nitrogens is 4. The van der Waals surface area contributed by atoms with Gasteiger partial charge in [0.25, 0.3) is 0 Å². The molecule has 3 aromatic heterocycles.